The Morgan fingerprint density at radius 3 is 2.47 bits per heavy atom. The number of fused-ring (bicyclic) bond motifs is 1. The molecule has 1 aliphatic heterocycles. The molecule has 3 rings (SSSR count). The van der Waals surface area contributed by atoms with Gasteiger partial charge in [0.15, 0.2) is 0 Å². The molecule has 1 atom stereocenters. The highest BCUT2D eigenvalue weighted by Gasteiger charge is 2.37. The fraction of sp³-hybridized carbons (Fsp3) is 0.0714. The maximum atomic E-state index is 12.1. The van der Waals surface area contributed by atoms with Crippen molar-refractivity contribution in [2.45, 2.75) is 5.92 Å². The minimum atomic E-state index is -0.613. The molecule has 0 aliphatic carbocycles. The topological polar surface area (TPSA) is 72.2 Å². The molecule has 1 unspecified atom stereocenters. The van der Waals surface area contributed by atoms with Gasteiger partial charge in [0, 0.05) is 6.07 Å². The number of benzene rings is 2. The Kier molecular flexibility index (Phi) is 2.52. The Hall–Kier alpha value is -2.69. The molecule has 2 aromatic rings. The SMILES string of the molecule is O=C1Nc2cccc([N+](=O)[O-])c2C1c1ccccc1. The maximum absolute atomic E-state index is 12.1. The molecule has 19 heavy (non-hydrogen) atoms. The standard InChI is InChI=1S/C14H10N2O3/c17-14-12(9-5-2-1-3-6-9)13-10(15-14)7-4-8-11(13)16(18)19/h1-8,12H,(H,15,17). The van der Waals surface area contributed by atoms with Crippen molar-refractivity contribution < 1.29 is 9.72 Å². The first-order valence-electron chi connectivity index (χ1n) is 5.81. The normalized spacial score (nSPS) is 16.8. The fourth-order valence-electron chi connectivity index (χ4n) is 2.42. The molecule has 5 nitrogen and oxygen atoms in total. The number of hydrogen-bond acceptors (Lipinski definition) is 3. The van der Waals surface area contributed by atoms with Gasteiger partial charge in [0.2, 0.25) is 5.91 Å². The third kappa shape index (κ3) is 1.76. The molecule has 0 saturated carbocycles. The third-order valence-electron chi connectivity index (χ3n) is 3.22. The summed E-state index contributed by atoms with van der Waals surface area (Å²) in [7, 11) is 0. The number of nitro benzene ring substituents is 1. The van der Waals surface area contributed by atoms with Crippen molar-refractivity contribution in [1.29, 1.82) is 0 Å². The molecule has 0 radical (unpaired) electrons. The van der Waals surface area contributed by atoms with Crippen LogP contribution in [0.4, 0.5) is 11.4 Å². The highest BCUT2D eigenvalue weighted by atomic mass is 16.6. The van der Waals surface area contributed by atoms with Crippen LogP contribution >= 0.6 is 0 Å². The van der Waals surface area contributed by atoms with Crippen molar-refractivity contribution in [2.75, 3.05) is 5.32 Å². The summed E-state index contributed by atoms with van der Waals surface area (Å²) in [6.07, 6.45) is 0. The van der Waals surface area contributed by atoms with E-state index in [-0.39, 0.29) is 11.6 Å². The highest BCUT2D eigenvalue weighted by molar-refractivity contribution is 6.06. The molecule has 5 heteroatoms. The van der Waals surface area contributed by atoms with E-state index in [0.717, 1.165) is 5.56 Å². The molecule has 0 bridgehead atoms. The molecular weight excluding hydrogens is 244 g/mol. The molecule has 0 fully saturated rings. The van der Waals surface area contributed by atoms with Crippen LogP contribution < -0.4 is 5.32 Å². The second kappa shape index (κ2) is 4.20. The molecule has 0 spiro atoms. The molecule has 1 N–H and O–H groups in total. The summed E-state index contributed by atoms with van der Waals surface area (Å²) < 4.78 is 0. The van der Waals surface area contributed by atoms with Crippen LogP contribution in [0.5, 0.6) is 0 Å². The predicted octanol–water partition coefficient (Wildman–Crippen LogP) is 2.68. The van der Waals surface area contributed by atoms with E-state index in [1.807, 2.05) is 18.2 Å². The van der Waals surface area contributed by atoms with Gasteiger partial charge in [-0.25, -0.2) is 0 Å². The summed E-state index contributed by atoms with van der Waals surface area (Å²) in [5.41, 5.74) is 1.70. The van der Waals surface area contributed by atoms with Gasteiger partial charge in [-0.2, -0.15) is 0 Å². The molecule has 2 aromatic carbocycles. The summed E-state index contributed by atoms with van der Waals surface area (Å²) in [5, 5.41) is 13.8. The number of carbonyl (C=O) groups is 1. The number of carbonyl (C=O) groups excluding carboxylic acids is 1. The van der Waals surface area contributed by atoms with E-state index < -0.39 is 10.8 Å². The summed E-state index contributed by atoms with van der Waals surface area (Å²) in [6.45, 7) is 0. The second-order valence-corrected chi connectivity index (χ2v) is 4.33. The largest absolute Gasteiger partial charge is 0.325 e. The Balaban J connectivity index is 2.21. The van der Waals surface area contributed by atoms with E-state index in [9.17, 15) is 14.9 Å². The molecule has 1 amide bonds. The third-order valence-corrected chi connectivity index (χ3v) is 3.22. The lowest BCUT2D eigenvalue weighted by molar-refractivity contribution is -0.385. The number of nitro groups is 1. The smallest absolute Gasteiger partial charge is 0.275 e. The molecule has 94 valence electrons. The quantitative estimate of drug-likeness (QED) is 0.661. The van der Waals surface area contributed by atoms with Crippen molar-refractivity contribution >= 4 is 17.3 Å². The van der Waals surface area contributed by atoms with Gasteiger partial charge in [-0.3, -0.25) is 14.9 Å². The second-order valence-electron chi connectivity index (χ2n) is 4.33. The summed E-state index contributed by atoms with van der Waals surface area (Å²) in [4.78, 5) is 22.7. The van der Waals surface area contributed by atoms with E-state index in [2.05, 4.69) is 5.32 Å². The van der Waals surface area contributed by atoms with Gasteiger partial charge in [-0.15, -0.1) is 0 Å². The monoisotopic (exact) mass is 254 g/mol. The molecule has 1 aliphatic rings. The number of rotatable bonds is 2. The van der Waals surface area contributed by atoms with Crippen LogP contribution in [0.15, 0.2) is 48.5 Å². The lowest BCUT2D eigenvalue weighted by Gasteiger charge is -2.09. The Morgan fingerprint density at radius 1 is 1.05 bits per heavy atom. The van der Waals surface area contributed by atoms with Gasteiger partial charge < -0.3 is 5.32 Å². The van der Waals surface area contributed by atoms with Crippen molar-refractivity contribution in [3.8, 4) is 0 Å². The Labute approximate surface area is 109 Å². The average molecular weight is 254 g/mol. The first-order chi connectivity index (χ1) is 9.18. The van der Waals surface area contributed by atoms with Gasteiger partial charge in [0.05, 0.1) is 22.1 Å². The molecule has 0 aromatic heterocycles. The van der Waals surface area contributed by atoms with Gasteiger partial charge in [-0.05, 0) is 11.6 Å². The van der Waals surface area contributed by atoms with Crippen molar-refractivity contribution in [2.24, 2.45) is 0 Å². The number of amides is 1. The zero-order valence-corrected chi connectivity index (χ0v) is 9.87. The number of anilines is 1. The Bertz CT molecular complexity index is 668. The summed E-state index contributed by atoms with van der Waals surface area (Å²) in [6, 6.07) is 13.8. The zero-order valence-electron chi connectivity index (χ0n) is 9.87. The number of hydrogen-bond donors (Lipinski definition) is 1. The van der Waals surface area contributed by atoms with E-state index in [4.69, 9.17) is 0 Å². The minimum Gasteiger partial charge on any atom is -0.325 e. The van der Waals surface area contributed by atoms with Crippen LogP contribution in [0.25, 0.3) is 0 Å². The van der Waals surface area contributed by atoms with Crippen LogP contribution in [0.1, 0.15) is 17.0 Å². The van der Waals surface area contributed by atoms with Gasteiger partial charge >= 0.3 is 0 Å². The van der Waals surface area contributed by atoms with Crippen molar-refractivity contribution in [3.05, 3.63) is 69.8 Å². The van der Waals surface area contributed by atoms with E-state index in [1.165, 1.54) is 6.07 Å². The van der Waals surface area contributed by atoms with Crippen LogP contribution in [0.3, 0.4) is 0 Å². The number of nitrogens with zero attached hydrogens (tertiary/aromatic N) is 1. The number of nitrogens with one attached hydrogen (secondary N) is 1. The lowest BCUT2D eigenvalue weighted by atomic mass is 9.91. The first kappa shape index (κ1) is 11.4. The van der Waals surface area contributed by atoms with Gasteiger partial charge in [0.1, 0.15) is 0 Å². The fourth-order valence-corrected chi connectivity index (χ4v) is 2.42. The van der Waals surface area contributed by atoms with E-state index >= 15 is 0 Å². The van der Waals surface area contributed by atoms with Crippen LogP contribution in [0.2, 0.25) is 0 Å². The van der Waals surface area contributed by atoms with Crippen molar-refractivity contribution in [1.82, 2.24) is 0 Å². The predicted molar refractivity (Wildman–Crippen MR) is 70.0 cm³/mol. The highest BCUT2D eigenvalue weighted by Crippen LogP contribution is 2.42. The van der Waals surface area contributed by atoms with Crippen molar-refractivity contribution in [3.63, 3.8) is 0 Å². The summed E-state index contributed by atoms with van der Waals surface area (Å²) in [5.74, 6) is -0.840. The van der Waals surface area contributed by atoms with E-state index in [1.54, 1.807) is 24.3 Å². The van der Waals surface area contributed by atoms with Gasteiger partial charge in [-0.1, -0.05) is 36.4 Å². The van der Waals surface area contributed by atoms with Crippen LogP contribution in [0, 0.1) is 10.1 Å². The van der Waals surface area contributed by atoms with Crippen LogP contribution in [-0.4, -0.2) is 10.8 Å². The molecule has 1 heterocycles. The zero-order chi connectivity index (χ0) is 13.4. The Morgan fingerprint density at radius 2 is 1.79 bits per heavy atom. The molecule has 0 saturated heterocycles. The average Bonchev–Trinajstić information content (AvgIpc) is 2.75. The van der Waals surface area contributed by atoms with Gasteiger partial charge in [0.25, 0.3) is 5.69 Å². The summed E-state index contributed by atoms with van der Waals surface area (Å²) >= 11 is 0. The molecular formula is C14H10N2O3. The van der Waals surface area contributed by atoms with Crippen LogP contribution in [-0.2, 0) is 4.79 Å². The minimum absolute atomic E-state index is 0.0234. The van der Waals surface area contributed by atoms with E-state index in [0.29, 0.717) is 11.3 Å². The lowest BCUT2D eigenvalue weighted by Crippen LogP contribution is -2.13. The maximum Gasteiger partial charge on any atom is 0.275 e. The first-order valence-corrected chi connectivity index (χ1v) is 5.81.